The number of ether oxygens (including phenoxy) is 2. The van der Waals surface area contributed by atoms with E-state index >= 15 is 0 Å². The molecule has 2 heterocycles. The molecule has 1 N–H and O–H groups in total. The maximum Gasteiger partial charge on any atom is 0.351 e. The molecule has 0 saturated carbocycles. The Morgan fingerprint density at radius 2 is 2.27 bits per heavy atom. The van der Waals surface area contributed by atoms with Crippen molar-refractivity contribution >= 4 is 17.6 Å². The van der Waals surface area contributed by atoms with Gasteiger partial charge in [0.1, 0.15) is 17.5 Å². The van der Waals surface area contributed by atoms with Crippen LogP contribution < -0.4 is 11.0 Å². The summed E-state index contributed by atoms with van der Waals surface area (Å²) in [5, 5.41) is 3.12. The Hall–Kier alpha value is -1.05. The highest BCUT2D eigenvalue weighted by atomic mass is 32.2. The Morgan fingerprint density at radius 3 is 2.86 bits per heavy atom. The number of thioether (sulfide) groups is 1. The van der Waals surface area contributed by atoms with Gasteiger partial charge in [-0.25, -0.2) is 4.79 Å². The van der Waals surface area contributed by atoms with Crippen LogP contribution in [0.5, 0.6) is 0 Å². The van der Waals surface area contributed by atoms with Crippen molar-refractivity contribution in [3.05, 3.63) is 22.7 Å². The normalized spacial score (nSPS) is 22.3. The quantitative estimate of drug-likeness (QED) is 0.896. The van der Waals surface area contributed by atoms with Crippen molar-refractivity contribution in [2.24, 2.45) is 0 Å². The van der Waals surface area contributed by atoms with Crippen LogP contribution in [0.25, 0.3) is 0 Å². The SMILES string of the molecule is CC(C)Nc1ccn([C@H]2CS[C@@H](COC(C)(C)C)O2)c(=O)n1. The molecule has 0 bridgehead atoms. The summed E-state index contributed by atoms with van der Waals surface area (Å²) in [7, 11) is 0. The minimum atomic E-state index is -0.298. The summed E-state index contributed by atoms with van der Waals surface area (Å²) in [5.74, 6) is 1.31. The van der Waals surface area contributed by atoms with Gasteiger partial charge in [0, 0.05) is 18.0 Å². The summed E-state index contributed by atoms with van der Waals surface area (Å²) in [5.41, 5.74) is -0.539. The fourth-order valence-corrected chi connectivity index (χ4v) is 2.99. The van der Waals surface area contributed by atoms with Crippen LogP contribution in [-0.2, 0) is 9.47 Å². The van der Waals surface area contributed by atoms with Crippen LogP contribution in [0.2, 0.25) is 0 Å². The molecule has 1 saturated heterocycles. The molecule has 0 spiro atoms. The van der Waals surface area contributed by atoms with Gasteiger partial charge in [0.2, 0.25) is 0 Å². The molecular formula is C15H25N3O3S. The standard InChI is InChI=1S/C15H25N3O3S/c1-10(2)16-11-6-7-18(14(19)17-11)12-9-22-13(21-12)8-20-15(3,4)5/h6-7,10,12-13H,8-9H2,1-5H3,(H,16,17,19)/t12-,13+/m1/s1. The van der Waals surface area contributed by atoms with E-state index in [1.165, 1.54) is 4.57 Å². The van der Waals surface area contributed by atoms with E-state index in [0.717, 1.165) is 5.75 Å². The van der Waals surface area contributed by atoms with E-state index in [1.807, 2.05) is 34.6 Å². The maximum atomic E-state index is 12.1. The average molecular weight is 327 g/mol. The molecule has 1 aromatic rings. The summed E-state index contributed by atoms with van der Waals surface area (Å²) in [6.45, 7) is 10.6. The monoisotopic (exact) mass is 327 g/mol. The molecule has 0 amide bonds. The highest BCUT2D eigenvalue weighted by Crippen LogP contribution is 2.31. The molecule has 2 atom stereocenters. The molecule has 7 heteroatoms. The molecule has 1 aliphatic rings. The number of hydrogen-bond donors (Lipinski definition) is 1. The Kier molecular flexibility index (Phi) is 5.52. The second-order valence-electron chi connectivity index (χ2n) is 6.58. The van der Waals surface area contributed by atoms with Crippen molar-refractivity contribution in [2.45, 2.75) is 57.9 Å². The van der Waals surface area contributed by atoms with Gasteiger partial charge < -0.3 is 14.8 Å². The van der Waals surface area contributed by atoms with E-state index in [-0.39, 0.29) is 29.0 Å². The van der Waals surface area contributed by atoms with Gasteiger partial charge in [0.25, 0.3) is 0 Å². The summed E-state index contributed by atoms with van der Waals surface area (Å²) >= 11 is 1.66. The first-order chi connectivity index (χ1) is 10.2. The topological polar surface area (TPSA) is 65.4 Å². The Labute approximate surface area is 135 Å². The summed E-state index contributed by atoms with van der Waals surface area (Å²) in [6, 6.07) is 2.04. The van der Waals surface area contributed by atoms with Gasteiger partial charge in [-0.1, -0.05) is 0 Å². The van der Waals surface area contributed by atoms with Gasteiger partial charge in [-0.15, -0.1) is 11.8 Å². The second kappa shape index (κ2) is 7.02. The predicted molar refractivity (Wildman–Crippen MR) is 89.3 cm³/mol. The molecule has 0 radical (unpaired) electrons. The zero-order valence-electron chi connectivity index (χ0n) is 13.8. The lowest BCUT2D eigenvalue weighted by molar-refractivity contribution is -0.0684. The average Bonchev–Trinajstić information content (AvgIpc) is 2.83. The van der Waals surface area contributed by atoms with Crippen LogP contribution in [0.4, 0.5) is 5.82 Å². The van der Waals surface area contributed by atoms with E-state index in [9.17, 15) is 4.79 Å². The first kappa shape index (κ1) is 17.3. The third-order valence-electron chi connectivity index (χ3n) is 2.96. The number of rotatable bonds is 5. The summed E-state index contributed by atoms with van der Waals surface area (Å²) in [6.07, 6.45) is 1.45. The minimum Gasteiger partial charge on any atom is -0.372 e. The zero-order valence-corrected chi connectivity index (χ0v) is 14.6. The fourth-order valence-electron chi connectivity index (χ4n) is 2.00. The van der Waals surface area contributed by atoms with Gasteiger partial charge in [0.05, 0.1) is 12.2 Å². The highest BCUT2D eigenvalue weighted by Gasteiger charge is 2.29. The van der Waals surface area contributed by atoms with E-state index in [0.29, 0.717) is 12.4 Å². The van der Waals surface area contributed by atoms with E-state index in [1.54, 1.807) is 24.0 Å². The predicted octanol–water partition coefficient (Wildman–Crippen LogP) is 2.47. The maximum absolute atomic E-state index is 12.1. The summed E-state index contributed by atoms with van der Waals surface area (Å²) in [4.78, 5) is 16.2. The number of nitrogens with zero attached hydrogens (tertiary/aromatic N) is 2. The number of hydrogen-bond acceptors (Lipinski definition) is 6. The zero-order chi connectivity index (χ0) is 16.3. The lowest BCUT2D eigenvalue weighted by Crippen LogP contribution is -2.30. The van der Waals surface area contributed by atoms with Gasteiger partial charge in [-0.05, 0) is 40.7 Å². The molecule has 2 rings (SSSR count). The van der Waals surface area contributed by atoms with Crippen molar-refractivity contribution < 1.29 is 9.47 Å². The van der Waals surface area contributed by atoms with Crippen molar-refractivity contribution in [2.75, 3.05) is 17.7 Å². The molecule has 0 unspecified atom stereocenters. The lowest BCUT2D eigenvalue weighted by atomic mass is 10.2. The largest absolute Gasteiger partial charge is 0.372 e. The third-order valence-corrected chi connectivity index (χ3v) is 4.06. The molecule has 0 aliphatic carbocycles. The molecule has 22 heavy (non-hydrogen) atoms. The van der Waals surface area contributed by atoms with Crippen LogP contribution in [0.15, 0.2) is 17.1 Å². The molecule has 124 valence electrons. The summed E-state index contributed by atoms with van der Waals surface area (Å²) < 4.78 is 13.2. The molecular weight excluding hydrogens is 302 g/mol. The Balaban J connectivity index is 1.97. The van der Waals surface area contributed by atoms with Crippen molar-refractivity contribution in [3.63, 3.8) is 0 Å². The van der Waals surface area contributed by atoms with E-state index in [2.05, 4.69) is 10.3 Å². The number of nitrogens with one attached hydrogen (secondary N) is 1. The number of anilines is 1. The van der Waals surface area contributed by atoms with Crippen molar-refractivity contribution in [1.29, 1.82) is 0 Å². The first-order valence-electron chi connectivity index (χ1n) is 7.51. The minimum absolute atomic E-state index is 0.0513. The molecule has 1 aliphatic heterocycles. The van der Waals surface area contributed by atoms with Crippen molar-refractivity contribution in [1.82, 2.24) is 9.55 Å². The van der Waals surface area contributed by atoms with Gasteiger partial charge in [0.15, 0.2) is 0 Å². The molecule has 6 nitrogen and oxygen atoms in total. The third kappa shape index (κ3) is 5.00. The van der Waals surface area contributed by atoms with Crippen molar-refractivity contribution in [3.8, 4) is 0 Å². The molecule has 0 aromatic carbocycles. The smallest absolute Gasteiger partial charge is 0.351 e. The lowest BCUT2D eigenvalue weighted by Gasteiger charge is -2.22. The van der Waals surface area contributed by atoms with Gasteiger partial charge in [-0.3, -0.25) is 4.57 Å². The van der Waals surface area contributed by atoms with Gasteiger partial charge >= 0.3 is 5.69 Å². The number of aromatic nitrogens is 2. The fraction of sp³-hybridized carbons (Fsp3) is 0.733. The second-order valence-corrected chi connectivity index (χ2v) is 7.77. The van der Waals surface area contributed by atoms with Crippen LogP contribution in [0, 0.1) is 0 Å². The molecule has 1 fully saturated rings. The van der Waals surface area contributed by atoms with Crippen LogP contribution in [-0.4, -0.2) is 39.0 Å². The van der Waals surface area contributed by atoms with E-state index in [4.69, 9.17) is 9.47 Å². The Morgan fingerprint density at radius 1 is 1.55 bits per heavy atom. The van der Waals surface area contributed by atoms with Crippen LogP contribution >= 0.6 is 11.8 Å². The van der Waals surface area contributed by atoms with Crippen LogP contribution in [0.1, 0.15) is 40.8 Å². The van der Waals surface area contributed by atoms with Gasteiger partial charge in [-0.2, -0.15) is 4.98 Å². The first-order valence-corrected chi connectivity index (χ1v) is 8.56. The highest BCUT2D eigenvalue weighted by molar-refractivity contribution is 8.00. The Bertz CT molecular complexity index is 554. The van der Waals surface area contributed by atoms with Crippen LogP contribution in [0.3, 0.4) is 0 Å². The van der Waals surface area contributed by atoms with E-state index < -0.39 is 0 Å². The molecule has 1 aromatic heterocycles.